The maximum absolute atomic E-state index is 14.4. The quantitative estimate of drug-likeness (QED) is 0.0803. The molecule has 2 heterocycles. The molecule has 18 heteroatoms. The van der Waals surface area contributed by atoms with Crippen molar-refractivity contribution >= 4 is 56.9 Å². The van der Waals surface area contributed by atoms with Gasteiger partial charge in [-0.3, -0.25) is 4.79 Å². The van der Waals surface area contributed by atoms with Crippen LogP contribution in [0, 0.1) is 11.7 Å². The molecule has 2 N–H and O–H groups in total. The van der Waals surface area contributed by atoms with Crippen molar-refractivity contribution in [3.8, 4) is 16.9 Å². The second-order valence-electron chi connectivity index (χ2n) is 16.5. The van der Waals surface area contributed by atoms with Crippen LogP contribution >= 0.6 is 0 Å². The Morgan fingerprint density at radius 1 is 0.871 bits per heavy atom. The standard InChI is InChI=1S/C44H51FN6O10S/c1-26(2)23-37(59-39(53)44(7,8)48-41(54)61-43(4,5)6)60-42(55)51(34-21-20-33(62(10,56)57)24-35(34)58-9)40-47-36-22-15-30(25-50(36)49-40)29-13-18-32(19-14-29)46-38(52)27(3)28-11-16-31(45)17-12-28/h11-22,24-27,37H,23H2,1-10H3,(H,46,52)(H,48,54). The lowest BCUT2D eigenvalue weighted by Crippen LogP contribution is -2.53. The molecule has 0 saturated heterocycles. The van der Waals surface area contributed by atoms with E-state index in [0.717, 1.165) is 16.7 Å². The fourth-order valence-electron chi connectivity index (χ4n) is 5.94. The van der Waals surface area contributed by atoms with Gasteiger partial charge in [0.05, 0.1) is 23.6 Å². The number of sulfone groups is 1. The molecule has 62 heavy (non-hydrogen) atoms. The third kappa shape index (κ3) is 11.8. The molecule has 0 aliphatic carbocycles. The van der Waals surface area contributed by atoms with Gasteiger partial charge in [-0.2, -0.15) is 4.98 Å². The van der Waals surface area contributed by atoms with Crippen molar-refractivity contribution in [2.24, 2.45) is 5.92 Å². The van der Waals surface area contributed by atoms with E-state index in [9.17, 15) is 32.0 Å². The third-order valence-corrected chi connectivity index (χ3v) is 10.3. The van der Waals surface area contributed by atoms with Crippen molar-refractivity contribution in [2.45, 2.75) is 90.1 Å². The second-order valence-corrected chi connectivity index (χ2v) is 18.5. The number of alkyl carbamates (subject to hydrolysis) is 1. The van der Waals surface area contributed by atoms with Crippen LogP contribution in [0.2, 0.25) is 0 Å². The maximum Gasteiger partial charge on any atom is 0.424 e. The van der Waals surface area contributed by atoms with E-state index >= 15 is 0 Å². The van der Waals surface area contributed by atoms with Crippen molar-refractivity contribution in [3.63, 3.8) is 0 Å². The number of nitrogens with one attached hydrogen (secondary N) is 2. The predicted octanol–water partition coefficient (Wildman–Crippen LogP) is 8.18. The third-order valence-electron chi connectivity index (χ3n) is 9.23. The van der Waals surface area contributed by atoms with Crippen LogP contribution in [0.3, 0.4) is 0 Å². The van der Waals surface area contributed by atoms with Crippen LogP contribution in [0.25, 0.3) is 16.8 Å². The zero-order valence-electron chi connectivity index (χ0n) is 36.2. The van der Waals surface area contributed by atoms with Gasteiger partial charge in [0.2, 0.25) is 12.2 Å². The number of esters is 1. The first-order valence-electron chi connectivity index (χ1n) is 19.6. The number of benzene rings is 3. The molecule has 3 aromatic carbocycles. The summed E-state index contributed by atoms with van der Waals surface area (Å²) in [6, 6.07) is 20.1. The number of ether oxygens (including phenoxy) is 4. The zero-order chi connectivity index (χ0) is 45.7. The topological polar surface area (TPSA) is 197 Å². The van der Waals surface area contributed by atoms with E-state index in [1.807, 2.05) is 13.8 Å². The van der Waals surface area contributed by atoms with Crippen LogP contribution in [-0.4, -0.2) is 77.9 Å². The van der Waals surface area contributed by atoms with Gasteiger partial charge in [-0.05, 0) is 107 Å². The minimum absolute atomic E-state index is 0.00829. The Morgan fingerprint density at radius 3 is 2.11 bits per heavy atom. The van der Waals surface area contributed by atoms with E-state index in [0.29, 0.717) is 22.5 Å². The Kier molecular flexibility index (Phi) is 13.9. The summed E-state index contributed by atoms with van der Waals surface area (Å²) in [5.41, 5.74) is 0.550. The molecular formula is C44H51FN6O10S. The minimum Gasteiger partial charge on any atom is -0.495 e. The van der Waals surface area contributed by atoms with Gasteiger partial charge in [-0.15, -0.1) is 5.10 Å². The number of rotatable bonds is 14. The Hall–Kier alpha value is -6.56. The number of hydrogen-bond acceptors (Lipinski definition) is 12. The number of pyridine rings is 1. The fraction of sp³-hybridized carbons (Fsp3) is 0.364. The number of carbonyl (C=O) groups is 4. The van der Waals surface area contributed by atoms with Crippen molar-refractivity contribution in [1.29, 1.82) is 0 Å². The fourth-order valence-corrected chi connectivity index (χ4v) is 6.58. The lowest BCUT2D eigenvalue weighted by Gasteiger charge is -2.30. The molecule has 3 amide bonds. The number of anilines is 3. The van der Waals surface area contributed by atoms with Gasteiger partial charge in [-0.25, -0.2) is 36.6 Å². The smallest absolute Gasteiger partial charge is 0.424 e. The molecule has 5 rings (SSSR count). The van der Waals surface area contributed by atoms with Gasteiger partial charge in [-0.1, -0.05) is 38.1 Å². The first-order valence-corrected chi connectivity index (χ1v) is 21.5. The molecule has 2 unspecified atom stereocenters. The van der Waals surface area contributed by atoms with E-state index in [1.165, 1.54) is 55.8 Å². The van der Waals surface area contributed by atoms with Gasteiger partial charge in [0, 0.05) is 36.2 Å². The van der Waals surface area contributed by atoms with Gasteiger partial charge in [0.25, 0.3) is 5.95 Å². The highest BCUT2D eigenvalue weighted by Crippen LogP contribution is 2.36. The van der Waals surface area contributed by atoms with Crippen LogP contribution in [0.15, 0.2) is 90.0 Å². The van der Waals surface area contributed by atoms with Crippen LogP contribution in [0.5, 0.6) is 5.75 Å². The number of nitrogens with zero attached hydrogens (tertiary/aromatic N) is 4. The summed E-state index contributed by atoms with van der Waals surface area (Å²) in [6.07, 6.45) is -0.680. The Balaban J connectivity index is 1.45. The summed E-state index contributed by atoms with van der Waals surface area (Å²) >= 11 is 0. The summed E-state index contributed by atoms with van der Waals surface area (Å²) in [5.74, 6) is -2.49. The Bertz CT molecular complexity index is 2550. The lowest BCUT2D eigenvalue weighted by molar-refractivity contribution is -0.176. The molecular weight excluding hydrogens is 824 g/mol. The van der Waals surface area contributed by atoms with Gasteiger partial charge >= 0.3 is 18.2 Å². The number of methoxy groups -OCH3 is 1. The first-order chi connectivity index (χ1) is 28.9. The molecule has 2 aromatic heterocycles. The van der Waals surface area contributed by atoms with E-state index in [-0.39, 0.29) is 46.3 Å². The van der Waals surface area contributed by atoms with Crippen LogP contribution < -0.4 is 20.3 Å². The number of amides is 3. The average molecular weight is 875 g/mol. The number of fused-ring (bicyclic) bond motifs is 1. The highest BCUT2D eigenvalue weighted by Gasteiger charge is 2.37. The number of hydrogen-bond donors (Lipinski definition) is 2. The van der Waals surface area contributed by atoms with Gasteiger partial charge in [0.15, 0.2) is 15.5 Å². The molecule has 0 aliphatic heterocycles. The molecule has 0 fully saturated rings. The molecule has 16 nitrogen and oxygen atoms in total. The van der Waals surface area contributed by atoms with Gasteiger partial charge < -0.3 is 29.6 Å². The highest BCUT2D eigenvalue weighted by molar-refractivity contribution is 7.90. The van der Waals surface area contributed by atoms with Crippen LogP contribution in [-0.2, 0) is 33.6 Å². The highest BCUT2D eigenvalue weighted by atomic mass is 32.2. The first kappa shape index (κ1) is 46.5. The summed E-state index contributed by atoms with van der Waals surface area (Å²) in [6.45, 7) is 13.2. The minimum atomic E-state index is -3.70. The summed E-state index contributed by atoms with van der Waals surface area (Å²) in [7, 11) is -2.40. The average Bonchev–Trinajstić information content (AvgIpc) is 3.59. The Labute approximate surface area is 359 Å². The van der Waals surface area contributed by atoms with E-state index in [1.54, 1.807) is 82.4 Å². The maximum atomic E-state index is 14.4. The number of halogens is 1. The van der Waals surface area contributed by atoms with E-state index in [2.05, 4.69) is 20.7 Å². The molecule has 0 saturated carbocycles. The van der Waals surface area contributed by atoms with Crippen molar-refractivity contribution in [1.82, 2.24) is 19.9 Å². The monoisotopic (exact) mass is 874 g/mol. The van der Waals surface area contributed by atoms with Crippen molar-refractivity contribution in [3.05, 3.63) is 96.4 Å². The predicted molar refractivity (Wildman–Crippen MR) is 229 cm³/mol. The number of aromatic nitrogens is 3. The molecule has 5 aromatic rings. The molecule has 0 radical (unpaired) electrons. The van der Waals surface area contributed by atoms with E-state index in [4.69, 9.17) is 18.9 Å². The summed E-state index contributed by atoms with van der Waals surface area (Å²) in [4.78, 5) is 58.8. The van der Waals surface area contributed by atoms with Crippen molar-refractivity contribution < 1.29 is 50.9 Å². The second kappa shape index (κ2) is 18.6. The molecule has 0 spiro atoms. The zero-order valence-corrected chi connectivity index (χ0v) is 37.0. The largest absolute Gasteiger partial charge is 0.495 e. The van der Waals surface area contributed by atoms with Crippen molar-refractivity contribution in [2.75, 3.05) is 23.6 Å². The number of carbonyl (C=O) groups excluding carboxylic acids is 4. The van der Waals surface area contributed by atoms with Crippen LogP contribution in [0.4, 0.5) is 31.3 Å². The molecule has 0 bridgehead atoms. The van der Waals surface area contributed by atoms with E-state index < -0.39 is 51.3 Å². The SMILES string of the molecule is COc1cc(S(C)(=O)=O)ccc1N(C(=O)OC(CC(C)C)OC(=O)C(C)(C)NC(=O)OC(C)(C)C)c1nc2ccc(-c3ccc(NC(=O)C(C)c4ccc(F)cc4)cc3)cn2n1. The lowest BCUT2D eigenvalue weighted by atomic mass is 10.00. The Morgan fingerprint density at radius 2 is 1.52 bits per heavy atom. The molecule has 330 valence electrons. The normalized spacial score (nSPS) is 12.9. The van der Waals surface area contributed by atoms with Crippen LogP contribution in [0.1, 0.15) is 73.3 Å². The molecule has 0 aliphatic rings. The molecule has 2 atom stereocenters. The van der Waals surface area contributed by atoms with Gasteiger partial charge in [0.1, 0.15) is 22.7 Å². The summed E-state index contributed by atoms with van der Waals surface area (Å²) in [5, 5.41) is 9.95. The summed E-state index contributed by atoms with van der Waals surface area (Å²) < 4.78 is 62.2.